The molecule has 1 aromatic rings. The quantitative estimate of drug-likeness (QED) is 0.627. The first-order valence-electron chi connectivity index (χ1n) is 4.18. The summed E-state index contributed by atoms with van der Waals surface area (Å²) in [5, 5.41) is 1.24. The zero-order valence-corrected chi connectivity index (χ0v) is 8.78. The summed E-state index contributed by atoms with van der Waals surface area (Å²) in [4.78, 5) is 4.36. The number of nitrogens with zero attached hydrogens (tertiary/aromatic N) is 1. The molecule has 68 valence electrons. The molecule has 0 unspecified atom stereocenters. The van der Waals surface area contributed by atoms with Crippen molar-refractivity contribution in [3.63, 3.8) is 0 Å². The van der Waals surface area contributed by atoms with Gasteiger partial charge in [0.25, 0.3) is 0 Å². The zero-order valence-electron chi connectivity index (χ0n) is 7.27. The largest absolute Gasteiger partial charge is 0.289 e. The van der Waals surface area contributed by atoms with Gasteiger partial charge < -0.3 is 0 Å². The Bertz CT molecular complexity index is 383. The second-order valence-corrected chi connectivity index (χ2v) is 3.95. The number of rotatable bonds is 0. The predicted molar refractivity (Wildman–Crippen MR) is 57.2 cm³/mol. The van der Waals surface area contributed by atoms with E-state index in [2.05, 4.69) is 4.99 Å². The Morgan fingerprint density at radius 1 is 1.23 bits per heavy atom. The summed E-state index contributed by atoms with van der Waals surface area (Å²) in [6.07, 6.45) is 0.962. The third kappa shape index (κ3) is 1.59. The van der Waals surface area contributed by atoms with Gasteiger partial charge >= 0.3 is 0 Å². The van der Waals surface area contributed by atoms with Crippen molar-refractivity contribution >= 4 is 28.9 Å². The van der Waals surface area contributed by atoms with E-state index in [4.69, 9.17) is 23.2 Å². The summed E-state index contributed by atoms with van der Waals surface area (Å²) in [5.41, 5.74) is 3.45. The molecule has 0 saturated carbocycles. The predicted octanol–water partition coefficient (Wildman–Crippen LogP) is 3.36. The van der Waals surface area contributed by atoms with E-state index in [1.807, 2.05) is 19.1 Å². The van der Waals surface area contributed by atoms with Crippen LogP contribution in [0, 0.1) is 0 Å². The van der Waals surface area contributed by atoms with E-state index in [1.165, 1.54) is 5.56 Å². The fraction of sp³-hybridized carbons (Fsp3) is 0.300. The van der Waals surface area contributed by atoms with Crippen LogP contribution in [0.1, 0.15) is 18.1 Å². The van der Waals surface area contributed by atoms with E-state index in [9.17, 15) is 0 Å². The Balaban J connectivity index is 2.61. The Labute approximate surface area is 87.4 Å². The molecule has 1 aliphatic heterocycles. The number of halogens is 2. The maximum Gasteiger partial charge on any atom is 0.0599 e. The van der Waals surface area contributed by atoms with E-state index >= 15 is 0 Å². The molecule has 1 aromatic carbocycles. The van der Waals surface area contributed by atoms with Crippen LogP contribution in [0.15, 0.2) is 17.1 Å². The molecule has 0 aliphatic carbocycles. The minimum atomic E-state index is 0.608. The van der Waals surface area contributed by atoms with Crippen molar-refractivity contribution in [2.24, 2.45) is 4.99 Å². The SMILES string of the molecule is CC1=NCCc2cc(Cl)c(Cl)cc21. The molecule has 13 heavy (non-hydrogen) atoms. The fourth-order valence-corrected chi connectivity index (χ4v) is 1.91. The minimum absolute atomic E-state index is 0.608. The molecular formula is C10H9Cl2N. The van der Waals surface area contributed by atoms with Crippen molar-refractivity contribution in [1.29, 1.82) is 0 Å². The average molecular weight is 214 g/mol. The van der Waals surface area contributed by atoms with Crippen molar-refractivity contribution < 1.29 is 0 Å². The van der Waals surface area contributed by atoms with Crippen molar-refractivity contribution in [2.75, 3.05) is 6.54 Å². The van der Waals surface area contributed by atoms with Gasteiger partial charge in [0.05, 0.1) is 10.0 Å². The van der Waals surface area contributed by atoms with Gasteiger partial charge in [-0.3, -0.25) is 4.99 Å². The first kappa shape index (κ1) is 9.04. The highest BCUT2D eigenvalue weighted by Crippen LogP contribution is 2.28. The second kappa shape index (κ2) is 3.32. The third-order valence-electron chi connectivity index (χ3n) is 2.27. The third-order valence-corrected chi connectivity index (χ3v) is 2.99. The highest BCUT2D eigenvalue weighted by atomic mass is 35.5. The Hall–Kier alpha value is -0.530. The van der Waals surface area contributed by atoms with Gasteiger partial charge in [-0.1, -0.05) is 23.2 Å². The maximum absolute atomic E-state index is 5.92. The van der Waals surface area contributed by atoms with E-state index < -0.39 is 0 Å². The van der Waals surface area contributed by atoms with Crippen molar-refractivity contribution in [2.45, 2.75) is 13.3 Å². The van der Waals surface area contributed by atoms with Crippen LogP contribution in [-0.2, 0) is 6.42 Å². The van der Waals surface area contributed by atoms with Gasteiger partial charge in [0.1, 0.15) is 0 Å². The molecule has 3 heteroatoms. The maximum atomic E-state index is 5.92. The lowest BCUT2D eigenvalue weighted by Crippen LogP contribution is -2.09. The van der Waals surface area contributed by atoms with Crippen molar-refractivity contribution in [3.05, 3.63) is 33.3 Å². The highest BCUT2D eigenvalue weighted by molar-refractivity contribution is 6.42. The Morgan fingerprint density at radius 2 is 1.92 bits per heavy atom. The molecule has 0 aromatic heterocycles. The lowest BCUT2D eigenvalue weighted by Gasteiger charge is -2.14. The summed E-state index contributed by atoms with van der Waals surface area (Å²) in [5.74, 6) is 0. The van der Waals surface area contributed by atoms with E-state index in [0.717, 1.165) is 24.2 Å². The zero-order chi connectivity index (χ0) is 9.42. The van der Waals surface area contributed by atoms with Crippen molar-refractivity contribution in [3.8, 4) is 0 Å². The normalized spacial score (nSPS) is 15.2. The lowest BCUT2D eigenvalue weighted by molar-refractivity contribution is 0.942. The van der Waals surface area contributed by atoms with E-state index in [1.54, 1.807) is 0 Å². The average Bonchev–Trinajstić information content (AvgIpc) is 2.09. The minimum Gasteiger partial charge on any atom is -0.289 e. The molecule has 2 rings (SSSR count). The molecule has 0 fully saturated rings. The summed E-state index contributed by atoms with van der Waals surface area (Å²) in [6, 6.07) is 3.84. The van der Waals surface area contributed by atoms with Crippen LogP contribution in [0.3, 0.4) is 0 Å². The van der Waals surface area contributed by atoms with Gasteiger partial charge in [-0.05, 0) is 31.0 Å². The second-order valence-electron chi connectivity index (χ2n) is 3.14. The molecule has 0 atom stereocenters. The van der Waals surface area contributed by atoms with Crippen molar-refractivity contribution in [1.82, 2.24) is 0 Å². The standard InChI is InChI=1S/C10H9Cl2N/c1-6-8-5-10(12)9(11)4-7(8)2-3-13-6/h4-5H,2-3H2,1H3. The molecule has 1 nitrogen and oxygen atoms in total. The molecule has 0 spiro atoms. The molecule has 1 aliphatic rings. The number of aliphatic imine (C=N–C) groups is 1. The van der Waals surface area contributed by atoms with Gasteiger partial charge in [0.15, 0.2) is 0 Å². The topological polar surface area (TPSA) is 12.4 Å². The van der Waals surface area contributed by atoms with Gasteiger partial charge in [0.2, 0.25) is 0 Å². The van der Waals surface area contributed by atoms with E-state index in [-0.39, 0.29) is 0 Å². The molecular weight excluding hydrogens is 205 g/mol. The van der Waals surface area contributed by atoms with Crippen LogP contribution in [0.5, 0.6) is 0 Å². The smallest absolute Gasteiger partial charge is 0.0599 e. The molecule has 1 heterocycles. The summed E-state index contributed by atoms with van der Waals surface area (Å²) in [7, 11) is 0. The summed E-state index contributed by atoms with van der Waals surface area (Å²) < 4.78 is 0. The molecule has 0 N–H and O–H groups in total. The van der Waals surface area contributed by atoms with Crippen LogP contribution in [0.2, 0.25) is 10.0 Å². The molecule has 0 amide bonds. The van der Waals surface area contributed by atoms with Crippen LogP contribution in [0.4, 0.5) is 0 Å². The number of benzene rings is 1. The van der Waals surface area contributed by atoms with Gasteiger partial charge in [0, 0.05) is 17.8 Å². The number of hydrogen-bond donors (Lipinski definition) is 0. The van der Waals surface area contributed by atoms with Crippen LogP contribution in [-0.4, -0.2) is 12.3 Å². The summed E-state index contributed by atoms with van der Waals surface area (Å²) >= 11 is 11.8. The van der Waals surface area contributed by atoms with Gasteiger partial charge in [-0.25, -0.2) is 0 Å². The van der Waals surface area contributed by atoms with Crippen LogP contribution < -0.4 is 0 Å². The van der Waals surface area contributed by atoms with Crippen LogP contribution in [0.25, 0.3) is 0 Å². The number of hydrogen-bond acceptors (Lipinski definition) is 1. The molecule has 0 radical (unpaired) electrons. The Kier molecular flexibility index (Phi) is 2.31. The fourth-order valence-electron chi connectivity index (χ4n) is 1.56. The summed E-state index contributed by atoms with van der Waals surface area (Å²) in [6.45, 7) is 2.86. The highest BCUT2D eigenvalue weighted by Gasteiger charge is 2.12. The monoisotopic (exact) mass is 213 g/mol. The van der Waals surface area contributed by atoms with Gasteiger partial charge in [-0.2, -0.15) is 0 Å². The Morgan fingerprint density at radius 3 is 2.69 bits per heavy atom. The number of fused-ring (bicyclic) bond motifs is 1. The molecule has 0 saturated heterocycles. The lowest BCUT2D eigenvalue weighted by atomic mass is 9.99. The van der Waals surface area contributed by atoms with E-state index in [0.29, 0.717) is 10.0 Å². The first-order valence-corrected chi connectivity index (χ1v) is 4.93. The molecule has 0 bridgehead atoms. The van der Waals surface area contributed by atoms with Gasteiger partial charge in [-0.15, -0.1) is 0 Å². The first-order chi connectivity index (χ1) is 6.18. The van der Waals surface area contributed by atoms with Crippen LogP contribution >= 0.6 is 23.2 Å².